The summed E-state index contributed by atoms with van der Waals surface area (Å²) in [5.41, 5.74) is 1.04. The van der Waals surface area contributed by atoms with E-state index in [0.717, 1.165) is 35.9 Å². The van der Waals surface area contributed by atoms with E-state index in [2.05, 4.69) is 17.3 Å². The van der Waals surface area contributed by atoms with E-state index in [1.807, 2.05) is 12.1 Å². The van der Waals surface area contributed by atoms with Gasteiger partial charge in [0, 0.05) is 31.3 Å². The summed E-state index contributed by atoms with van der Waals surface area (Å²) >= 11 is 0. The van der Waals surface area contributed by atoms with Crippen LogP contribution in [-0.2, 0) is 6.54 Å². The van der Waals surface area contributed by atoms with Crippen LogP contribution in [0.3, 0.4) is 0 Å². The highest BCUT2D eigenvalue weighted by atomic mass is 16.5. The van der Waals surface area contributed by atoms with Gasteiger partial charge in [-0.05, 0) is 26.4 Å². The maximum Gasteiger partial charge on any atom is 0.130 e. The van der Waals surface area contributed by atoms with Gasteiger partial charge in [-0.1, -0.05) is 0 Å². The summed E-state index contributed by atoms with van der Waals surface area (Å²) in [6.07, 6.45) is 2.45. The van der Waals surface area contributed by atoms with E-state index in [1.54, 1.807) is 21.3 Å². The highest BCUT2D eigenvalue weighted by molar-refractivity contribution is 5.50. The van der Waals surface area contributed by atoms with Crippen molar-refractivity contribution in [2.24, 2.45) is 0 Å². The monoisotopic (exact) mass is 294 g/mol. The molecular formula is C16H26N2O3. The Morgan fingerprint density at radius 3 is 2.33 bits per heavy atom. The standard InChI is InChI=1S/C16H26N2O3/c1-18-7-5-6-12(11-18)17-10-14-15(20-3)8-13(19-2)9-16(14)21-4/h8-9,12,17H,5-7,10-11H2,1-4H3. The van der Waals surface area contributed by atoms with Crippen molar-refractivity contribution in [3.8, 4) is 17.2 Å². The summed E-state index contributed by atoms with van der Waals surface area (Å²) in [5.74, 6) is 2.33. The van der Waals surface area contributed by atoms with Gasteiger partial charge in [0.2, 0.25) is 0 Å². The van der Waals surface area contributed by atoms with Crippen molar-refractivity contribution >= 4 is 0 Å². The molecule has 0 spiro atoms. The van der Waals surface area contributed by atoms with E-state index >= 15 is 0 Å². The van der Waals surface area contributed by atoms with Crippen molar-refractivity contribution in [3.63, 3.8) is 0 Å². The molecular weight excluding hydrogens is 268 g/mol. The molecule has 118 valence electrons. The first-order chi connectivity index (χ1) is 10.2. The lowest BCUT2D eigenvalue weighted by Gasteiger charge is -2.30. The Kier molecular flexibility index (Phi) is 5.70. The molecule has 1 aromatic rings. The number of nitrogens with one attached hydrogen (secondary N) is 1. The molecule has 1 aliphatic heterocycles. The summed E-state index contributed by atoms with van der Waals surface area (Å²) in [7, 11) is 7.16. The van der Waals surface area contributed by atoms with E-state index < -0.39 is 0 Å². The molecule has 0 amide bonds. The molecule has 0 aliphatic carbocycles. The first kappa shape index (κ1) is 15.9. The minimum absolute atomic E-state index is 0.514. The van der Waals surface area contributed by atoms with Crippen molar-refractivity contribution in [3.05, 3.63) is 17.7 Å². The quantitative estimate of drug-likeness (QED) is 0.868. The van der Waals surface area contributed by atoms with Gasteiger partial charge in [0.05, 0.1) is 26.9 Å². The average molecular weight is 294 g/mol. The third kappa shape index (κ3) is 4.02. The lowest BCUT2D eigenvalue weighted by Crippen LogP contribution is -2.43. The summed E-state index contributed by atoms with van der Waals surface area (Å²) in [5, 5.41) is 3.61. The number of ether oxygens (including phenoxy) is 3. The maximum atomic E-state index is 5.48. The Morgan fingerprint density at radius 1 is 1.14 bits per heavy atom. The number of hydrogen-bond donors (Lipinski definition) is 1. The fourth-order valence-electron chi connectivity index (χ4n) is 2.83. The first-order valence-corrected chi connectivity index (χ1v) is 7.38. The summed E-state index contributed by atoms with van der Waals surface area (Å²) in [6, 6.07) is 4.30. The van der Waals surface area contributed by atoms with Crippen molar-refractivity contribution in [2.75, 3.05) is 41.5 Å². The van der Waals surface area contributed by atoms with Gasteiger partial charge in [-0.2, -0.15) is 0 Å². The maximum absolute atomic E-state index is 5.48. The molecule has 1 N–H and O–H groups in total. The normalized spacial score (nSPS) is 19.3. The number of nitrogens with zero attached hydrogens (tertiary/aromatic N) is 1. The molecule has 2 rings (SSSR count). The molecule has 0 saturated carbocycles. The number of hydrogen-bond acceptors (Lipinski definition) is 5. The van der Waals surface area contributed by atoms with Gasteiger partial charge >= 0.3 is 0 Å². The van der Waals surface area contributed by atoms with Crippen molar-refractivity contribution < 1.29 is 14.2 Å². The topological polar surface area (TPSA) is 43.0 Å². The van der Waals surface area contributed by atoms with Crippen LogP contribution in [0.4, 0.5) is 0 Å². The van der Waals surface area contributed by atoms with E-state index in [-0.39, 0.29) is 0 Å². The fraction of sp³-hybridized carbons (Fsp3) is 0.625. The third-order valence-electron chi connectivity index (χ3n) is 4.01. The second-order valence-electron chi connectivity index (χ2n) is 5.49. The van der Waals surface area contributed by atoms with Gasteiger partial charge in [-0.25, -0.2) is 0 Å². The summed E-state index contributed by atoms with van der Waals surface area (Å²) in [6.45, 7) is 3.00. The number of likely N-dealkylation sites (N-methyl/N-ethyl adjacent to an activating group) is 1. The number of benzene rings is 1. The molecule has 0 radical (unpaired) electrons. The Bertz CT molecular complexity index is 440. The van der Waals surface area contributed by atoms with Crippen molar-refractivity contribution in [1.82, 2.24) is 10.2 Å². The van der Waals surface area contributed by atoms with Gasteiger partial charge in [-0.15, -0.1) is 0 Å². The fourth-order valence-corrected chi connectivity index (χ4v) is 2.83. The van der Waals surface area contributed by atoms with Crippen LogP contribution in [-0.4, -0.2) is 52.4 Å². The molecule has 1 aliphatic rings. The first-order valence-electron chi connectivity index (χ1n) is 7.38. The van der Waals surface area contributed by atoms with Crippen molar-refractivity contribution in [1.29, 1.82) is 0 Å². The van der Waals surface area contributed by atoms with Crippen LogP contribution in [0.1, 0.15) is 18.4 Å². The summed E-state index contributed by atoms with van der Waals surface area (Å²) in [4.78, 5) is 2.36. The third-order valence-corrected chi connectivity index (χ3v) is 4.01. The molecule has 1 atom stereocenters. The van der Waals surface area contributed by atoms with Gasteiger partial charge in [0.15, 0.2) is 0 Å². The molecule has 1 aromatic carbocycles. The van der Waals surface area contributed by atoms with Crippen molar-refractivity contribution in [2.45, 2.75) is 25.4 Å². The smallest absolute Gasteiger partial charge is 0.130 e. The molecule has 0 aromatic heterocycles. The van der Waals surface area contributed by atoms with Gasteiger partial charge in [-0.3, -0.25) is 0 Å². The Labute approximate surface area is 127 Å². The second-order valence-corrected chi connectivity index (χ2v) is 5.49. The van der Waals surface area contributed by atoms with Crippen LogP contribution < -0.4 is 19.5 Å². The zero-order valence-electron chi connectivity index (χ0n) is 13.4. The second kappa shape index (κ2) is 7.52. The minimum atomic E-state index is 0.514. The van der Waals surface area contributed by atoms with Crippen LogP contribution in [0.2, 0.25) is 0 Å². The lowest BCUT2D eigenvalue weighted by atomic mass is 10.1. The molecule has 21 heavy (non-hydrogen) atoms. The van der Waals surface area contributed by atoms with E-state index in [0.29, 0.717) is 6.04 Å². The Balaban J connectivity index is 2.10. The van der Waals surface area contributed by atoms with Crippen LogP contribution in [0, 0.1) is 0 Å². The molecule has 1 unspecified atom stereocenters. The number of methoxy groups -OCH3 is 3. The average Bonchev–Trinajstić information content (AvgIpc) is 2.52. The summed E-state index contributed by atoms with van der Waals surface area (Å²) < 4.78 is 16.2. The molecule has 5 heteroatoms. The zero-order chi connectivity index (χ0) is 15.2. The minimum Gasteiger partial charge on any atom is -0.496 e. The highest BCUT2D eigenvalue weighted by Gasteiger charge is 2.19. The van der Waals surface area contributed by atoms with Gasteiger partial charge in [0.25, 0.3) is 0 Å². The molecule has 0 bridgehead atoms. The van der Waals surface area contributed by atoms with Crippen LogP contribution in [0.5, 0.6) is 17.2 Å². The van der Waals surface area contributed by atoms with Gasteiger partial charge in [0.1, 0.15) is 17.2 Å². The number of likely N-dealkylation sites (tertiary alicyclic amines) is 1. The molecule has 1 heterocycles. The SMILES string of the molecule is COc1cc(OC)c(CNC2CCCN(C)C2)c(OC)c1. The van der Waals surface area contributed by atoms with Crippen LogP contribution in [0.25, 0.3) is 0 Å². The number of piperidine rings is 1. The van der Waals surface area contributed by atoms with Crippen LogP contribution in [0.15, 0.2) is 12.1 Å². The Morgan fingerprint density at radius 2 is 1.81 bits per heavy atom. The number of rotatable bonds is 6. The lowest BCUT2D eigenvalue weighted by molar-refractivity contribution is 0.225. The zero-order valence-corrected chi connectivity index (χ0v) is 13.4. The van der Waals surface area contributed by atoms with Gasteiger partial charge < -0.3 is 24.4 Å². The predicted octanol–water partition coefficient (Wildman–Crippen LogP) is 1.90. The van der Waals surface area contributed by atoms with E-state index in [1.165, 1.54) is 19.4 Å². The largest absolute Gasteiger partial charge is 0.496 e. The van der Waals surface area contributed by atoms with E-state index in [4.69, 9.17) is 14.2 Å². The predicted molar refractivity (Wildman–Crippen MR) is 83.5 cm³/mol. The molecule has 1 saturated heterocycles. The highest BCUT2D eigenvalue weighted by Crippen LogP contribution is 2.34. The Hall–Kier alpha value is -1.46. The van der Waals surface area contributed by atoms with Crippen LogP contribution >= 0.6 is 0 Å². The molecule has 1 fully saturated rings. The van der Waals surface area contributed by atoms with E-state index in [9.17, 15) is 0 Å². The molecule has 5 nitrogen and oxygen atoms in total.